The Kier molecular flexibility index (Phi) is 3.28. The number of benzene rings is 1. The Bertz CT molecular complexity index is 542. The van der Waals surface area contributed by atoms with E-state index in [9.17, 15) is 0 Å². The van der Waals surface area contributed by atoms with Crippen molar-refractivity contribution in [1.29, 1.82) is 0 Å². The van der Waals surface area contributed by atoms with Gasteiger partial charge in [-0.3, -0.25) is 0 Å². The van der Waals surface area contributed by atoms with E-state index < -0.39 is 0 Å². The topological polar surface area (TPSA) is 38.7 Å². The van der Waals surface area contributed by atoms with Crippen molar-refractivity contribution in [3.63, 3.8) is 0 Å². The zero-order chi connectivity index (χ0) is 12.4. The Morgan fingerprint density at radius 1 is 1.11 bits per heavy atom. The molecule has 0 aliphatic heterocycles. The van der Waals surface area contributed by atoms with Crippen molar-refractivity contribution in [2.24, 2.45) is 0 Å². The van der Waals surface area contributed by atoms with E-state index in [1.807, 2.05) is 6.26 Å². The van der Waals surface area contributed by atoms with Crippen molar-refractivity contribution < 1.29 is 0 Å². The number of fused-ring (bicyclic) bond motifs is 1. The number of aromatic nitrogens is 3. The van der Waals surface area contributed by atoms with Crippen molar-refractivity contribution in [3.8, 4) is 0 Å². The summed E-state index contributed by atoms with van der Waals surface area (Å²) in [5, 5.41) is 9.18. The van der Waals surface area contributed by atoms with Gasteiger partial charge in [-0.05, 0) is 37.0 Å². The summed E-state index contributed by atoms with van der Waals surface area (Å²) in [4.78, 5) is 4.60. The minimum absolute atomic E-state index is 0.574. The molecule has 0 N–H and O–H groups in total. The van der Waals surface area contributed by atoms with Gasteiger partial charge < -0.3 is 0 Å². The van der Waals surface area contributed by atoms with Crippen molar-refractivity contribution in [2.45, 2.75) is 30.3 Å². The molecule has 0 fully saturated rings. The Morgan fingerprint density at radius 2 is 1.94 bits per heavy atom. The molecule has 1 aromatic carbocycles. The van der Waals surface area contributed by atoms with Gasteiger partial charge in [-0.2, -0.15) is 5.10 Å². The smallest absolute Gasteiger partial charge is 0.209 e. The van der Waals surface area contributed by atoms with Crippen LogP contribution in [0.2, 0.25) is 0 Å². The maximum absolute atomic E-state index is 4.60. The van der Waals surface area contributed by atoms with Crippen LogP contribution in [0.25, 0.3) is 0 Å². The van der Waals surface area contributed by atoms with Crippen LogP contribution in [-0.4, -0.2) is 21.4 Å². The molecular formula is C14H15N3S. The van der Waals surface area contributed by atoms with Crippen LogP contribution >= 0.6 is 11.8 Å². The van der Waals surface area contributed by atoms with E-state index in [1.54, 1.807) is 11.8 Å². The van der Waals surface area contributed by atoms with E-state index in [0.29, 0.717) is 5.92 Å². The molecule has 1 aliphatic carbocycles. The maximum atomic E-state index is 4.60. The summed E-state index contributed by atoms with van der Waals surface area (Å²) in [6.07, 6.45) is 5.11. The monoisotopic (exact) mass is 257 g/mol. The van der Waals surface area contributed by atoms with Crippen LogP contribution in [-0.2, 0) is 12.8 Å². The summed E-state index contributed by atoms with van der Waals surface area (Å²) in [7, 11) is 0. The first kappa shape index (κ1) is 11.7. The third-order valence-corrected chi connectivity index (χ3v) is 3.98. The molecule has 0 saturated carbocycles. The number of nitrogens with zero attached hydrogens (tertiary/aromatic N) is 3. The van der Waals surface area contributed by atoms with Crippen LogP contribution in [0.15, 0.2) is 35.5 Å². The van der Waals surface area contributed by atoms with Gasteiger partial charge in [-0.1, -0.05) is 42.1 Å². The summed E-state index contributed by atoms with van der Waals surface area (Å²) in [5.74, 6) is 0.574. The molecular weight excluding hydrogens is 242 g/mol. The van der Waals surface area contributed by atoms with Gasteiger partial charge in [0.2, 0.25) is 5.16 Å². The average Bonchev–Trinajstić information content (AvgIpc) is 2.47. The molecule has 3 rings (SSSR count). The summed E-state index contributed by atoms with van der Waals surface area (Å²) >= 11 is 1.55. The standard InChI is InChI=1S/C14H15N3S/c1-18-14-15-13-9-11(7-8-12(13)16-17-14)10-5-3-2-4-6-10/h2-6,11H,7-9H2,1H3. The molecule has 0 radical (unpaired) electrons. The van der Waals surface area contributed by atoms with E-state index in [0.717, 1.165) is 35.8 Å². The van der Waals surface area contributed by atoms with Gasteiger partial charge in [0.25, 0.3) is 0 Å². The maximum Gasteiger partial charge on any atom is 0.209 e. The molecule has 1 heterocycles. The summed E-state index contributed by atoms with van der Waals surface area (Å²) in [6, 6.07) is 10.7. The van der Waals surface area contributed by atoms with Crippen molar-refractivity contribution >= 4 is 11.8 Å². The molecule has 1 aromatic heterocycles. The number of hydrogen-bond acceptors (Lipinski definition) is 4. The highest BCUT2D eigenvalue weighted by Gasteiger charge is 2.22. The van der Waals surface area contributed by atoms with Crippen molar-refractivity contribution in [3.05, 3.63) is 47.3 Å². The van der Waals surface area contributed by atoms with Crippen LogP contribution < -0.4 is 0 Å². The fourth-order valence-electron chi connectivity index (χ4n) is 2.46. The number of aryl methyl sites for hydroxylation is 1. The van der Waals surface area contributed by atoms with Crippen molar-refractivity contribution in [2.75, 3.05) is 6.26 Å². The second-order valence-corrected chi connectivity index (χ2v) is 5.32. The lowest BCUT2D eigenvalue weighted by Crippen LogP contribution is -2.17. The van der Waals surface area contributed by atoms with Crippen LogP contribution in [0.4, 0.5) is 0 Å². The van der Waals surface area contributed by atoms with Crippen LogP contribution in [0, 0.1) is 0 Å². The fraction of sp³-hybridized carbons (Fsp3) is 0.357. The Labute approximate surface area is 111 Å². The zero-order valence-corrected chi connectivity index (χ0v) is 11.2. The Morgan fingerprint density at radius 3 is 2.72 bits per heavy atom. The van der Waals surface area contributed by atoms with Gasteiger partial charge in [-0.25, -0.2) is 4.98 Å². The SMILES string of the molecule is CSc1nnc2c(n1)CC(c1ccccc1)CC2. The molecule has 92 valence electrons. The van der Waals surface area contributed by atoms with Crippen LogP contribution in [0.1, 0.15) is 29.3 Å². The van der Waals surface area contributed by atoms with Crippen LogP contribution in [0.3, 0.4) is 0 Å². The predicted octanol–water partition coefficient (Wildman–Crippen LogP) is 2.87. The number of rotatable bonds is 2. The molecule has 0 bridgehead atoms. The van der Waals surface area contributed by atoms with E-state index >= 15 is 0 Å². The van der Waals surface area contributed by atoms with Crippen LogP contribution in [0.5, 0.6) is 0 Å². The van der Waals surface area contributed by atoms with Gasteiger partial charge in [0.05, 0.1) is 11.4 Å². The molecule has 0 amide bonds. The highest BCUT2D eigenvalue weighted by atomic mass is 32.2. The first-order chi connectivity index (χ1) is 8.86. The first-order valence-electron chi connectivity index (χ1n) is 6.18. The van der Waals surface area contributed by atoms with E-state index in [2.05, 4.69) is 45.5 Å². The predicted molar refractivity (Wildman–Crippen MR) is 72.8 cm³/mol. The number of thioether (sulfide) groups is 1. The summed E-state index contributed by atoms with van der Waals surface area (Å²) in [6.45, 7) is 0. The summed E-state index contributed by atoms with van der Waals surface area (Å²) in [5.41, 5.74) is 3.63. The largest absolute Gasteiger partial charge is 0.224 e. The second kappa shape index (κ2) is 5.06. The molecule has 2 aromatic rings. The summed E-state index contributed by atoms with van der Waals surface area (Å²) < 4.78 is 0. The number of hydrogen-bond donors (Lipinski definition) is 0. The Hall–Kier alpha value is -1.42. The molecule has 1 atom stereocenters. The fourth-order valence-corrected chi connectivity index (χ4v) is 2.79. The van der Waals surface area contributed by atoms with Gasteiger partial charge >= 0.3 is 0 Å². The normalized spacial score (nSPS) is 18.4. The average molecular weight is 257 g/mol. The van der Waals surface area contributed by atoms with Crippen molar-refractivity contribution in [1.82, 2.24) is 15.2 Å². The lowest BCUT2D eigenvalue weighted by atomic mass is 9.84. The lowest BCUT2D eigenvalue weighted by molar-refractivity contribution is 0.541. The molecule has 18 heavy (non-hydrogen) atoms. The van der Waals surface area contributed by atoms with E-state index in [4.69, 9.17) is 0 Å². The van der Waals surface area contributed by atoms with Gasteiger partial charge in [-0.15, -0.1) is 5.10 Å². The first-order valence-corrected chi connectivity index (χ1v) is 7.40. The molecule has 1 aliphatic rings. The zero-order valence-electron chi connectivity index (χ0n) is 10.3. The molecule has 3 nitrogen and oxygen atoms in total. The van der Waals surface area contributed by atoms with Gasteiger partial charge in [0, 0.05) is 0 Å². The Balaban J connectivity index is 1.88. The highest BCUT2D eigenvalue weighted by molar-refractivity contribution is 7.98. The van der Waals surface area contributed by atoms with E-state index in [1.165, 1.54) is 5.56 Å². The quantitative estimate of drug-likeness (QED) is 0.775. The molecule has 0 spiro atoms. The third-order valence-electron chi connectivity index (χ3n) is 3.44. The minimum Gasteiger partial charge on any atom is -0.224 e. The second-order valence-electron chi connectivity index (χ2n) is 4.54. The van der Waals surface area contributed by atoms with Gasteiger partial charge in [0.1, 0.15) is 0 Å². The molecule has 0 saturated heterocycles. The third kappa shape index (κ3) is 2.25. The van der Waals surface area contributed by atoms with E-state index in [-0.39, 0.29) is 0 Å². The molecule has 4 heteroatoms. The van der Waals surface area contributed by atoms with Gasteiger partial charge in [0.15, 0.2) is 0 Å². The highest BCUT2D eigenvalue weighted by Crippen LogP contribution is 2.30. The lowest BCUT2D eigenvalue weighted by Gasteiger charge is -2.23. The molecule has 1 unspecified atom stereocenters. The minimum atomic E-state index is 0.574.